The van der Waals surface area contributed by atoms with E-state index in [1.54, 1.807) is 0 Å². The predicted molar refractivity (Wildman–Crippen MR) is 48.9 cm³/mol. The zero-order valence-corrected chi connectivity index (χ0v) is 8.02. The van der Waals surface area contributed by atoms with Crippen molar-refractivity contribution in [2.24, 2.45) is 5.73 Å². The highest BCUT2D eigenvalue weighted by Gasteiger charge is 2.26. The third-order valence-electron chi connectivity index (χ3n) is 1.96. The highest BCUT2D eigenvalue weighted by molar-refractivity contribution is 14.1. The Kier molecular flexibility index (Phi) is 2.37. The molecule has 2 unspecified atom stereocenters. The van der Waals surface area contributed by atoms with Crippen LogP contribution in [0.1, 0.15) is 32.6 Å². The minimum Gasteiger partial charge on any atom is -0.328 e. The third-order valence-corrected chi connectivity index (χ3v) is 2.94. The van der Waals surface area contributed by atoms with E-state index in [1.807, 2.05) is 0 Å². The lowest BCUT2D eigenvalue weighted by atomic mass is 9.87. The van der Waals surface area contributed by atoms with Crippen LogP contribution < -0.4 is 5.73 Å². The van der Waals surface area contributed by atoms with Crippen molar-refractivity contribution in [2.45, 2.75) is 42.1 Å². The molecule has 0 bridgehead atoms. The van der Waals surface area contributed by atoms with E-state index in [-0.39, 0.29) is 0 Å². The van der Waals surface area contributed by atoms with Gasteiger partial charge in [-0.05, 0) is 19.3 Å². The van der Waals surface area contributed by atoms with Gasteiger partial charge < -0.3 is 5.73 Å². The van der Waals surface area contributed by atoms with Crippen molar-refractivity contribution < 1.29 is 0 Å². The fourth-order valence-electron chi connectivity index (χ4n) is 1.48. The van der Waals surface area contributed by atoms with E-state index >= 15 is 0 Å². The van der Waals surface area contributed by atoms with Gasteiger partial charge in [0.05, 0.1) is 0 Å². The van der Waals surface area contributed by atoms with Crippen molar-refractivity contribution in [3.05, 3.63) is 0 Å². The number of nitrogens with two attached hydrogens (primary N) is 1. The molecule has 0 saturated heterocycles. The van der Waals surface area contributed by atoms with Crippen LogP contribution >= 0.6 is 22.6 Å². The predicted octanol–water partition coefficient (Wildman–Crippen LogP) is 2.08. The zero-order chi connectivity index (χ0) is 6.91. The van der Waals surface area contributed by atoms with E-state index in [4.69, 9.17) is 5.73 Å². The Labute approximate surface area is 70.5 Å². The highest BCUT2D eigenvalue weighted by atomic mass is 127. The van der Waals surface area contributed by atoms with Crippen molar-refractivity contribution in [1.29, 1.82) is 0 Å². The minimum atomic E-state index is 0.473. The molecule has 0 aliphatic heterocycles. The van der Waals surface area contributed by atoms with Gasteiger partial charge in [-0.2, -0.15) is 0 Å². The van der Waals surface area contributed by atoms with Crippen molar-refractivity contribution in [3.8, 4) is 0 Å². The lowest BCUT2D eigenvalue weighted by molar-refractivity contribution is 0.390. The van der Waals surface area contributed by atoms with Crippen LogP contribution in [-0.2, 0) is 0 Å². The molecule has 1 fully saturated rings. The standard InChI is InChI=1S/C7H14IN/c1-7(8)4-2-3-6(9)5-7/h6H,2-5,9H2,1H3. The van der Waals surface area contributed by atoms with Crippen LogP contribution in [-0.4, -0.2) is 9.46 Å². The summed E-state index contributed by atoms with van der Waals surface area (Å²) in [5.74, 6) is 0. The van der Waals surface area contributed by atoms with Crippen molar-refractivity contribution in [3.63, 3.8) is 0 Å². The fourth-order valence-corrected chi connectivity index (χ4v) is 2.43. The van der Waals surface area contributed by atoms with Gasteiger partial charge in [0.25, 0.3) is 0 Å². The summed E-state index contributed by atoms with van der Waals surface area (Å²) in [6.45, 7) is 2.30. The first-order valence-corrected chi connectivity index (χ1v) is 4.62. The summed E-state index contributed by atoms with van der Waals surface area (Å²) in [7, 11) is 0. The normalized spacial score (nSPS) is 45.0. The van der Waals surface area contributed by atoms with E-state index in [9.17, 15) is 0 Å². The van der Waals surface area contributed by atoms with E-state index in [2.05, 4.69) is 29.5 Å². The van der Waals surface area contributed by atoms with E-state index in [0.29, 0.717) is 9.46 Å². The molecule has 2 N–H and O–H groups in total. The van der Waals surface area contributed by atoms with E-state index < -0.39 is 0 Å². The second-order valence-corrected chi connectivity index (χ2v) is 5.87. The van der Waals surface area contributed by atoms with Gasteiger partial charge in [-0.3, -0.25) is 0 Å². The average Bonchev–Trinajstić information content (AvgIpc) is 1.60. The molecule has 0 radical (unpaired) electrons. The largest absolute Gasteiger partial charge is 0.328 e. The highest BCUT2D eigenvalue weighted by Crippen LogP contribution is 2.34. The lowest BCUT2D eigenvalue weighted by Crippen LogP contribution is -2.34. The number of halogens is 1. The Hall–Kier alpha value is 0.690. The minimum absolute atomic E-state index is 0.473. The smallest absolute Gasteiger partial charge is 0.0209 e. The van der Waals surface area contributed by atoms with Crippen molar-refractivity contribution >= 4 is 22.6 Å². The Balaban J connectivity index is 2.41. The number of hydrogen-bond donors (Lipinski definition) is 1. The monoisotopic (exact) mass is 239 g/mol. The Morgan fingerprint density at radius 1 is 1.67 bits per heavy atom. The molecule has 0 aromatic rings. The molecule has 1 aliphatic rings. The number of rotatable bonds is 0. The van der Waals surface area contributed by atoms with Crippen LogP contribution in [0.5, 0.6) is 0 Å². The molecule has 2 heteroatoms. The maximum absolute atomic E-state index is 5.81. The summed E-state index contributed by atoms with van der Waals surface area (Å²) in [5, 5.41) is 0. The van der Waals surface area contributed by atoms with Gasteiger partial charge in [0.2, 0.25) is 0 Å². The molecule has 1 nitrogen and oxygen atoms in total. The maximum atomic E-state index is 5.81. The van der Waals surface area contributed by atoms with Crippen LogP contribution in [0.4, 0.5) is 0 Å². The van der Waals surface area contributed by atoms with Gasteiger partial charge in [0.15, 0.2) is 0 Å². The molecule has 0 heterocycles. The quantitative estimate of drug-likeness (QED) is 0.508. The SMILES string of the molecule is CC1(I)CCCC(N)C1. The first-order chi connectivity index (χ1) is 4.10. The molecule has 0 aromatic carbocycles. The molecule has 1 rings (SSSR count). The molecular formula is C7H14IN. The average molecular weight is 239 g/mol. The van der Waals surface area contributed by atoms with Crippen LogP contribution in [0.25, 0.3) is 0 Å². The van der Waals surface area contributed by atoms with Gasteiger partial charge in [-0.25, -0.2) is 0 Å². The summed E-state index contributed by atoms with van der Waals surface area (Å²) in [6.07, 6.45) is 5.11. The van der Waals surface area contributed by atoms with Crippen LogP contribution in [0.3, 0.4) is 0 Å². The van der Waals surface area contributed by atoms with Gasteiger partial charge in [0, 0.05) is 9.46 Å². The fraction of sp³-hybridized carbons (Fsp3) is 1.00. The topological polar surface area (TPSA) is 26.0 Å². The zero-order valence-electron chi connectivity index (χ0n) is 5.86. The van der Waals surface area contributed by atoms with Crippen LogP contribution in [0.15, 0.2) is 0 Å². The Bertz CT molecular complexity index is 101. The summed E-state index contributed by atoms with van der Waals surface area (Å²) >= 11 is 2.53. The van der Waals surface area contributed by atoms with Crippen LogP contribution in [0.2, 0.25) is 0 Å². The van der Waals surface area contributed by atoms with Crippen molar-refractivity contribution in [1.82, 2.24) is 0 Å². The number of alkyl halides is 1. The molecule has 0 aromatic heterocycles. The van der Waals surface area contributed by atoms with Crippen molar-refractivity contribution in [2.75, 3.05) is 0 Å². The lowest BCUT2D eigenvalue weighted by Gasteiger charge is -2.31. The van der Waals surface area contributed by atoms with E-state index in [0.717, 1.165) is 0 Å². The molecule has 0 spiro atoms. The van der Waals surface area contributed by atoms with Gasteiger partial charge >= 0.3 is 0 Å². The van der Waals surface area contributed by atoms with Gasteiger partial charge in [0.1, 0.15) is 0 Å². The molecule has 54 valence electrons. The Morgan fingerprint density at radius 3 is 2.67 bits per heavy atom. The summed E-state index contributed by atoms with van der Waals surface area (Å²) in [6, 6.07) is 0.473. The molecule has 9 heavy (non-hydrogen) atoms. The van der Waals surface area contributed by atoms with E-state index in [1.165, 1.54) is 25.7 Å². The molecule has 0 amide bonds. The molecule has 1 aliphatic carbocycles. The summed E-state index contributed by atoms with van der Waals surface area (Å²) in [4.78, 5) is 0. The first-order valence-electron chi connectivity index (χ1n) is 3.55. The third kappa shape index (κ3) is 2.42. The van der Waals surface area contributed by atoms with Crippen LogP contribution in [0, 0.1) is 0 Å². The first kappa shape index (κ1) is 7.79. The number of hydrogen-bond acceptors (Lipinski definition) is 1. The summed E-state index contributed by atoms with van der Waals surface area (Å²) < 4.78 is 0.495. The van der Waals surface area contributed by atoms with Gasteiger partial charge in [-0.15, -0.1) is 0 Å². The molecule has 1 saturated carbocycles. The Morgan fingerprint density at radius 2 is 2.33 bits per heavy atom. The second-order valence-electron chi connectivity index (χ2n) is 3.27. The molecular weight excluding hydrogens is 225 g/mol. The second kappa shape index (κ2) is 2.74. The molecule has 2 atom stereocenters. The summed E-state index contributed by atoms with van der Waals surface area (Å²) in [5.41, 5.74) is 5.81. The maximum Gasteiger partial charge on any atom is 0.0209 e. The van der Waals surface area contributed by atoms with Gasteiger partial charge in [-0.1, -0.05) is 35.9 Å².